The Kier molecular flexibility index (Phi) is 6.66. The SMILES string of the molecule is COc1cccc(OC)c1C(=O)Nc1cccc(SCC(=O)N2CCc3ccccc32)c1. The van der Waals surface area contributed by atoms with Crippen molar-refractivity contribution in [2.75, 3.05) is 36.7 Å². The molecule has 0 unspecified atom stereocenters. The molecule has 1 aliphatic heterocycles. The normalized spacial score (nSPS) is 12.2. The number of amides is 2. The van der Waals surface area contributed by atoms with Crippen molar-refractivity contribution < 1.29 is 19.1 Å². The fourth-order valence-electron chi connectivity index (χ4n) is 3.75. The van der Waals surface area contributed by atoms with E-state index in [1.807, 2.05) is 47.4 Å². The van der Waals surface area contributed by atoms with E-state index in [0.29, 0.717) is 28.5 Å². The Labute approximate surface area is 191 Å². The maximum absolute atomic E-state index is 12.9. The highest BCUT2D eigenvalue weighted by molar-refractivity contribution is 8.00. The number of para-hydroxylation sites is 1. The van der Waals surface area contributed by atoms with E-state index >= 15 is 0 Å². The summed E-state index contributed by atoms with van der Waals surface area (Å²) in [7, 11) is 3.02. The van der Waals surface area contributed by atoms with Crippen molar-refractivity contribution >= 4 is 35.0 Å². The van der Waals surface area contributed by atoms with Gasteiger partial charge in [0.2, 0.25) is 5.91 Å². The molecule has 0 fully saturated rings. The minimum absolute atomic E-state index is 0.0770. The van der Waals surface area contributed by atoms with Gasteiger partial charge in [0.25, 0.3) is 5.91 Å². The van der Waals surface area contributed by atoms with Gasteiger partial charge >= 0.3 is 0 Å². The Morgan fingerprint density at radius 1 is 0.969 bits per heavy atom. The summed E-state index contributed by atoms with van der Waals surface area (Å²) in [5, 5.41) is 2.90. The zero-order valence-electron chi connectivity index (χ0n) is 18.0. The molecule has 3 aromatic carbocycles. The Balaban J connectivity index is 1.42. The van der Waals surface area contributed by atoms with E-state index in [1.54, 1.807) is 18.2 Å². The van der Waals surface area contributed by atoms with Crippen LogP contribution in [0.5, 0.6) is 11.5 Å². The molecule has 0 atom stereocenters. The van der Waals surface area contributed by atoms with Crippen molar-refractivity contribution in [3.8, 4) is 11.5 Å². The number of hydrogen-bond donors (Lipinski definition) is 1. The number of fused-ring (bicyclic) bond motifs is 1. The summed E-state index contributed by atoms with van der Waals surface area (Å²) in [4.78, 5) is 28.4. The molecule has 32 heavy (non-hydrogen) atoms. The number of ether oxygens (including phenoxy) is 2. The van der Waals surface area contributed by atoms with Crippen LogP contribution in [0.3, 0.4) is 0 Å². The number of carbonyl (C=O) groups is 2. The van der Waals surface area contributed by atoms with Crippen LogP contribution < -0.4 is 19.7 Å². The Hall–Kier alpha value is -3.45. The second kappa shape index (κ2) is 9.78. The highest BCUT2D eigenvalue weighted by atomic mass is 32.2. The van der Waals surface area contributed by atoms with Gasteiger partial charge in [-0.1, -0.05) is 30.3 Å². The van der Waals surface area contributed by atoms with E-state index in [0.717, 1.165) is 23.5 Å². The van der Waals surface area contributed by atoms with Crippen molar-refractivity contribution in [1.29, 1.82) is 0 Å². The molecule has 0 aliphatic carbocycles. The van der Waals surface area contributed by atoms with Gasteiger partial charge < -0.3 is 19.7 Å². The summed E-state index contributed by atoms with van der Waals surface area (Å²) in [6.07, 6.45) is 0.889. The second-order valence-corrected chi connectivity index (χ2v) is 8.28. The average Bonchev–Trinajstić information content (AvgIpc) is 3.26. The Bertz CT molecular complexity index is 1130. The van der Waals surface area contributed by atoms with Crippen LogP contribution in [-0.2, 0) is 11.2 Å². The number of hydrogen-bond acceptors (Lipinski definition) is 5. The zero-order valence-corrected chi connectivity index (χ0v) is 18.8. The molecular weight excluding hydrogens is 424 g/mol. The van der Waals surface area contributed by atoms with Crippen molar-refractivity contribution in [1.82, 2.24) is 0 Å². The highest BCUT2D eigenvalue weighted by Crippen LogP contribution is 2.31. The third kappa shape index (κ3) is 4.57. The topological polar surface area (TPSA) is 67.9 Å². The van der Waals surface area contributed by atoms with Crippen molar-refractivity contribution in [3.63, 3.8) is 0 Å². The van der Waals surface area contributed by atoms with Gasteiger partial charge in [-0.3, -0.25) is 9.59 Å². The molecule has 0 saturated carbocycles. The van der Waals surface area contributed by atoms with E-state index in [9.17, 15) is 9.59 Å². The second-order valence-electron chi connectivity index (χ2n) is 7.23. The van der Waals surface area contributed by atoms with Gasteiger partial charge in [-0.25, -0.2) is 0 Å². The van der Waals surface area contributed by atoms with Crippen LogP contribution in [0.4, 0.5) is 11.4 Å². The molecule has 0 aromatic heterocycles. The zero-order chi connectivity index (χ0) is 22.5. The summed E-state index contributed by atoms with van der Waals surface area (Å²) < 4.78 is 10.6. The highest BCUT2D eigenvalue weighted by Gasteiger charge is 2.24. The summed E-state index contributed by atoms with van der Waals surface area (Å²) in [6, 6.07) is 20.7. The number of thioether (sulfide) groups is 1. The maximum atomic E-state index is 12.9. The Morgan fingerprint density at radius 2 is 1.69 bits per heavy atom. The van der Waals surface area contributed by atoms with Crippen LogP contribution in [0.15, 0.2) is 71.6 Å². The molecule has 0 spiro atoms. The summed E-state index contributed by atoms with van der Waals surface area (Å²) in [5.74, 6) is 0.943. The Morgan fingerprint density at radius 3 is 2.44 bits per heavy atom. The molecule has 2 amide bonds. The van der Waals surface area contributed by atoms with Gasteiger partial charge in [0.1, 0.15) is 17.1 Å². The molecule has 6 nitrogen and oxygen atoms in total. The predicted octanol–water partition coefficient (Wildman–Crippen LogP) is 4.64. The maximum Gasteiger partial charge on any atom is 0.263 e. The number of anilines is 2. The molecule has 164 valence electrons. The van der Waals surface area contributed by atoms with E-state index in [2.05, 4.69) is 11.4 Å². The quantitative estimate of drug-likeness (QED) is 0.534. The molecule has 4 rings (SSSR count). The first-order valence-electron chi connectivity index (χ1n) is 10.2. The van der Waals surface area contributed by atoms with Crippen LogP contribution >= 0.6 is 11.8 Å². The first kappa shape index (κ1) is 21.8. The van der Waals surface area contributed by atoms with Crippen LogP contribution in [0.25, 0.3) is 0 Å². The number of carbonyl (C=O) groups excluding carboxylic acids is 2. The number of nitrogens with zero attached hydrogens (tertiary/aromatic N) is 1. The fraction of sp³-hybridized carbons (Fsp3) is 0.200. The number of benzene rings is 3. The van der Waals surface area contributed by atoms with E-state index in [4.69, 9.17) is 9.47 Å². The van der Waals surface area contributed by atoms with Gasteiger partial charge in [-0.05, 0) is 48.4 Å². The molecule has 7 heteroatoms. The molecule has 0 bridgehead atoms. The molecule has 1 N–H and O–H groups in total. The lowest BCUT2D eigenvalue weighted by atomic mass is 10.1. The van der Waals surface area contributed by atoms with E-state index in [1.165, 1.54) is 31.5 Å². The van der Waals surface area contributed by atoms with Crippen LogP contribution in [0.2, 0.25) is 0 Å². The molecule has 1 heterocycles. The molecule has 3 aromatic rings. The van der Waals surface area contributed by atoms with Crippen LogP contribution in [-0.4, -0.2) is 38.3 Å². The smallest absolute Gasteiger partial charge is 0.263 e. The third-order valence-corrected chi connectivity index (χ3v) is 6.28. The summed E-state index contributed by atoms with van der Waals surface area (Å²) in [5.41, 5.74) is 3.18. The van der Waals surface area contributed by atoms with Crippen LogP contribution in [0, 0.1) is 0 Å². The minimum atomic E-state index is -0.328. The monoisotopic (exact) mass is 448 g/mol. The predicted molar refractivity (Wildman–Crippen MR) is 127 cm³/mol. The number of rotatable bonds is 7. The average molecular weight is 449 g/mol. The first-order chi connectivity index (χ1) is 15.6. The third-order valence-electron chi connectivity index (χ3n) is 5.30. The lowest BCUT2D eigenvalue weighted by Crippen LogP contribution is -2.30. The summed E-state index contributed by atoms with van der Waals surface area (Å²) in [6.45, 7) is 0.718. The van der Waals surface area contributed by atoms with E-state index in [-0.39, 0.29) is 11.8 Å². The van der Waals surface area contributed by atoms with Gasteiger partial charge in [-0.2, -0.15) is 0 Å². The fourth-order valence-corrected chi connectivity index (χ4v) is 4.58. The molecule has 0 radical (unpaired) electrons. The lowest BCUT2D eigenvalue weighted by molar-refractivity contribution is -0.116. The number of methoxy groups -OCH3 is 2. The van der Waals surface area contributed by atoms with Crippen molar-refractivity contribution in [3.05, 3.63) is 77.9 Å². The molecule has 1 aliphatic rings. The van der Waals surface area contributed by atoms with Gasteiger partial charge in [0.15, 0.2) is 0 Å². The summed E-state index contributed by atoms with van der Waals surface area (Å²) >= 11 is 1.45. The largest absolute Gasteiger partial charge is 0.496 e. The molecule has 0 saturated heterocycles. The first-order valence-corrected chi connectivity index (χ1v) is 11.2. The molecular formula is C25H24N2O4S. The van der Waals surface area contributed by atoms with Crippen molar-refractivity contribution in [2.24, 2.45) is 0 Å². The van der Waals surface area contributed by atoms with Gasteiger partial charge in [0.05, 0.1) is 20.0 Å². The number of nitrogens with one attached hydrogen (secondary N) is 1. The standard InChI is InChI=1S/C25H24N2O4S/c1-30-21-11-6-12-22(31-2)24(21)25(29)26-18-8-5-9-19(15-18)32-16-23(28)27-14-13-17-7-3-4-10-20(17)27/h3-12,15H,13-14,16H2,1-2H3,(H,26,29). The minimum Gasteiger partial charge on any atom is -0.496 e. The van der Waals surface area contributed by atoms with Crippen LogP contribution in [0.1, 0.15) is 15.9 Å². The van der Waals surface area contributed by atoms with Crippen molar-refractivity contribution in [2.45, 2.75) is 11.3 Å². The van der Waals surface area contributed by atoms with E-state index < -0.39 is 0 Å². The van der Waals surface area contributed by atoms with Gasteiger partial charge in [-0.15, -0.1) is 11.8 Å². The lowest BCUT2D eigenvalue weighted by Gasteiger charge is -2.17. The van der Waals surface area contributed by atoms with Gasteiger partial charge in [0, 0.05) is 22.8 Å².